The topological polar surface area (TPSA) is 63.4 Å². The van der Waals surface area contributed by atoms with Crippen LogP contribution in [0.15, 0.2) is 23.1 Å². The summed E-state index contributed by atoms with van der Waals surface area (Å²) in [6.45, 7) is 6.67. The van der Waals surface area contributed by atoms with E-state index in [9.17, 15) is 8.42 Å². The highest BCUT2D eigenvalue weighted by molar-refractivity contribution is 7.89. The molecule has 0 unspecified atom stereocenters. The maximum atomic E-state index is 12.8. The number of aryl methyl sites for hydroxylation is 1. The number of nitrogen functional groups attached to an aromatic ring is 1. The largest absolute Gasteiger partial charge is 0.399 e. The third-order valence-electron chi connectivity index (χ3n) is 3.73. The third kappa shape index (κ3) is 3.33. The van der Waals surface area contributed by atoms with Crippen molar-refractivity contribution in [2.75, 3.05) is 12.3 Å². The molecule has 2 N–H and O–H groups in total. The van der Waals surface area contributed by atoms with Gasteiger partial charge in [0.2, 0.25) is 10.0 Å². The highest BCUT2D eigenvalue weighted by atomic mass is 32.2. The zero-order valence-electron chi connectivity index (χ0n) is 12.5. The van der Waals surface area contributed by atoms with E-state index < -0.39 is 10.0 Å². The normalized spacial score (nSPS) is 16.1. The molecular formula is C15H24N2O2S. The molecular weight excluding hydrogens is 272 g/mol. The monoisotopic (exact) mass is 296 g/mol. The van der Waals surface area contributed by atoms with Gasteiger partial charge in [0.1, 0.15) is 0 Å². The molecule has 0 heterocycles. The van der Waals surface area contributed by atoms with Crippen molar-refractivity contribution >= 4 is 15.7 Å². The van der Waals surface area contributed by atoms with E-state index in [2.05, 4.69) is 13.8 Å². The van der Waals surface area contributed by atoms with Gasteiger partial charge in [-0.1, -0.05) is 13.8 Å². The second kappa shape index (κ2) is 5.74. The molecule has 1 aliphatic rings. The van der Waals surface area contributed by atoms with Gasteiger partial charge in [-0.15, -0.1) is 0 Å². The van der Waals surface area contributed by atoms with Crippen molar-refractivity contribution in [1.82, 2.24) is 4.31 Å². The zero-order valence-corrected chi connectivity index (χ0v) is 13.3. The van der Waals surface area contributed by atoms with Crippen molar-refractivity contribution in [3.05, 3.63) is 23.8 Å². The molecule has 1 aliphatic carbocycles. The van der Waals surface area contributed by atoms with Crippen LogP contribution in [0.4, 0.5) is 5.69 Å². The molecule has 5 heteroatoms. The number of nitrogens with zero attached hydrogens (tertiary/aromatic N) is 1. The van der Waals surface area contributed by atoms with E-state index in [4.69, 9.17) is 5.73 Å². The van der Waals surface area contributed by atoms with Crippen molar-refractivity contribution < 1.29 is 8.42 Å². The van der Waals surface area contributed by atoms with Crippen molar-refractivity contribution in [3.8, 4) is 0 Å². The predicted octanol–water partition coefficient (Wildman–Crippen LogP) is 2.78. The van der Waals surface area contributed by atoms with Gasteiger partial charge in [0.15, 0.2) is 0 Å². The van der Waals surface area contributed by atoms with Crippen molar-refractivity contribution in [1.29, 1.82) is 0 Å². The Kier molecular flexibility index (Phi) is 4.39. The number of anilines is 1. The Morgan fingerprint density at radius 2 is 2.00 bits per heavy atom. The number of sulfonamides is 1. The smallest absolute Gasteiger partial charge is 0.243 e. The molecule has 1 aromatic carbocycles. The van der Waals surface area contributed by atoms with Gasteiger partial charge in [-0.25, -0.2) is 8.42 Å². The van der Waals surface area contributed by atoms with Crippen LogP contribution in [0.5, 0.6) is 0 Å². The highest BCUT2D eigenvalue weighted by Gasteiger charge is 2.37. The van der Waals surface area contributed by atoms with Gasteiger partial charge in [-0.3, -0.25) is 0 Å². The molecule has 0 aliphatic heterocycles. The first-order valence-electron chi connectivity index (χ1n) is 7.20. The Labute approximate surface area is 122 Å². The molecule has 0 amide bonds. The van der Waals surface area contributed by atoms with Crippen LogP contribution in [-0.2, 0) is 10.0 Å². The molecule has 2 rings (SSSR count). The summed E-state index contributed by atoms with van der Waals surface area (Å²) >= 11 is 0. The molecule has 1 aromatic rings. The summed E-state index contributed by atoms with van der Waals surface area (Å²) in [6.07, 6.45) is 2.85. The second-order valence-corrected chi connectivity index (χ2v) is 7.94. The fourth-order valence-corrected chi connectivity index (χ4v) is 3.98. The Bertz CT molecular complexity index is 578. The van der Waals surface area contributed by atoms with E-state index in [1.54, 1.807) is 22.5 Å². The van der Waals surface area contributed by atoms with E-state index in [0.717, 1.165) is 24.8 Å². The van der Waals surface area contributed by atoms with Crippen LogP contribution in [0.25, 0.3) is 0 Å². The van der Waals surface area contributed by atoms with Gasteiger partial charge in [0.25, 0.3) is 0 Å². The molecule has 0 atom stereocenters. The molecule has 1 saturated carbocycles. The Hall–Kier alpha value is -1.07. The first kappa shape index (κ1) is 15.3. The summed E-state index contributed by atoms with van der Waals surface area (Å²) in [5, 5.41) is 0. The van der Waals surface area contributed by atoms with Gasteiger partial charge in [0.05, 0.1) is 4.90 Å². The number of rotatable bonds is 6. The van der Waals surface area contributed by atoms with Crippen molar-refractivity contribution in [3.63, 3.8) is 0 Å². The van der Waals surface area contributed by atoms with Crippen LogP contribution in [0.3, 0.4) is 0 Å². The van der Waals surface area contributed by atoms with E-state index in [1.165, 1.54) is 0 Å². The first-order chi connectivity index (χ1) is 9.32. The first-order valence-corrected chi connectivity index (χ1v) is 8.64. The van der Waals surface area contributed by atoms with E-state index in [0.29, 0.717) is 23.0 Å². The van der Waals surface area contributed by atoms with Gasteiger partial charge in [-0.2, -0.15) is 4.31 Å². The minimum Gasteiger partial charge on any atom is -0.399 e. The number of hydrogen-bond donors (Lipinski definition) is 1. The third-order valence-corrected chi connectivity index (χ3v) is 5.68. The van der Waals surface area contributed by atoms with E-state index in [1.807, 2.05) is 6.92 Å². The van der Waals surface area contributed by atoms with Crippen molar-refractivity contribution in [2.45, 2.75) is 51.0 Å². The fraction of sp³-hybridized carbons (Fsp3) is 0.600. The van der Waals surface area contributed by atoms with Gasteiger partial charge in [0, 0.05) is 18.3 Å². The second-order valence-electron chi connectivity index (χ2n) is 6.05. The molecule has 0 radical (unpaired) electrons. The quantitative estimate of drug-likeness (QED) is 0.821. The average molecular weight is 296 g/mol. The van der Waals surface area contributed by atoms with Crippen LogP contribution in [0.2, 0.25) is 0 Å². The molecule has 0 saturated heterocycles. The lowest BCUT2D eigenvalue weighted by Crippen LogP contribution is -2.34. The minimum absolute atomic E-state index is 0.191. The summed E-state index contributed by atoms with van der Waals surface area (Å²) in [7, 11) is -3.39. The Morgan fingerprint density at radius 3 is 2.50 bits per heavy atom. The molecule has 0 aromatic heterocycles. The number of benzene rings is 1. The van der Waals surface area contributed by atoms with E-state index in [-0.39, 0.29) is 6.04 Å². The maximum Gasteiger partial charge on any atom is 0.243 e. The maximum absolute atomic E-state index is 12.8. The van der Waals surface area contributed by atoms with Crippen LogP contribution in [-0.4, -0.2) is 25.3 Å². The van der Waals surface area contributed by atoms with Crippen LogP contribution < -0.4 is 5.73 Å². The highest BCUT2D eigenvalue weighted by Crippen LogP contribution is 2.33. The van der Waals surface area contributed by atoms with Crippen LogP contribution in [0.1, 0.15) is 38.7 Å². The SMILES string of the molecule is Cc1cc(S(=O)(=O)N(CCC(C)C)C2CC2)ccc1N. The number of hydrogen-bond acceptors (Lipinski definition) is 3. The standard InChI is InChI=1S/C15H24N2O2S/c1-11(2)8-9-17(13-4-5-13)20(18,19)14-6-7-15(16)12(3)10-14/h6-7,10-11,13H,4-5,8-9,16H2,1-3H3. The summed E-state index contributed by atoms with van der Waals surface area (Å²) in [5.41, 5.74) is 7.21. The molecule has 4 nitrogen and oxygen atoms in total. The summed E-state index contributed by atoms with van der Waals surface area (Å²) in [6, 6.07) is 5.16. The molecule has 0 spiro atoms. The molecule has 20 heavy (non-hydrogen) atoms. The summed E-state index contributed by atoms with van der Waals surface area (Å²) < 4.78 is 27.2. The lowest BCUT2D eigenvalue weighted by atomic mass is 10.1. The molecule has 0 bridgehead atoms. The summed E-state index contributed by atoms with van der Waals surface area (Å²) in [5.74, 6) is 0.500. The number of nitrogens with two attached hydrogens (primary N) is 1. The fourth-order valence-electron chi connectivity index (χ4n) is 2.19. The molecule has 112 valence electrons. The predicted molar refractivity (Wildman–Crippen MR) is 82.0 cm³/mol. The van der Waals surface area contributed by atoms with Crippen LogP contribution in [0, 0.1) is 12.8 Å². The lowest BCUT2D eigenvalue weighted by molar-refractivity contribution is 0.373. The lowest BCUT2D eigenvalue weighted by Gasteiger charge is -2.23. The minimum atomic E-state index is -3.39. The van der Waals surface area contributed by atoms with Gasteiger partial charge in [-0.05, 0) is 55.9 Å². The van der Waals surface area contributed by atoms with Gasteiger partial charge >= 0.3 is 0 Å². The Morgan fingerprint density at radius 1 is 1.35 bits per heavy atom. The van der Waals surface area contributed by atoms with Gasteiger partial charge < -0.3 is 5.73 Å². The average Bonchev–Trinajstić information content (AvgIpc) is 3.16. The summed E-state index contributed by atoms with van der Waals surface area (Å²) in [4.78, 5) is 0.361. The van der Waals surface area contributed by atoms with E-state index >= 15 is 0 Å². The zero-order chi connectivity index (χ0) is 14.9. The Balaban J connectivity index is 2.27. The molecule has 1 fully saturated rings. The van der Waals surface area contributed by atoms with Crippen molar-refractivity contribution in [2.24, 2.45) is 5.92 Å². The van der Waals surface area contributed by atoms with Crippen LogP contribution >= 0.6 is 0 Å².